The third-order valence-corrected chi connectivity index (χ3v) is 24.8. The molecule has 2 aliphatic rings. The van der Waals surface area contributed by atoms with Crippen molar-refractivity contribution in [2.24, 2.45) is 0 Å². The highest BCUT2D eigenvalue weighted by Crippen LogP contribution is 2.41. The van der Waals surface area contributed by atoms with Crippen molar-refractivity contribution in [2.75, 3.05) is 4.90 Å². The average molecular weight is 866 g/mol. The van der Waals surface area contributed by atoms with Gasteiger partial charge in [0.05, 0.1) is 0 Å². The first-order valence-corrected chi connectivity index (χ1v) is 26.9. The van der Waals surface area contributed by atoms with Gasteiger partial charge in [-0.15, -0.1) is 0 Å². The second-order valence-corrected chi connectivity index (χ2v) is 25.3. The van der Waals surface area contributed by atoms with Gasteiger partial charge in [-0.05, 0) is 112 Å². The molecule has 0 aliphatic carbocycles. The Balaban J connectivity index is 1.08. The van der Waals surface area contributed by atoms with Gasteiger partial charge in [0.25, 0.3) is 0 Å². The van der Waals surface area contributed by atoms with Crippen LogP contribution in [0.1, 0.15) is 0 Å². The predicted octanol–water partition coefficient (Wildman–Crippen LogP) is 10.0. The third-order valence-electron chi connectivity index (χ3n) is 13.5. The quantitative estimate of drug-likeness (QED) is 0.111. The summed E-state index contributed by atoms with van der Waals surface area (Å²) in [5, 5.41) is 11.4. The number of anilines is 3. The van der Waals surface area contributed by atoms with Gasteiger partial charge in [0.2, 0.25) is 0 Å². The summed E-state index contributed by atoms with van der Waals surface area (Å²) in [7, 11) is -5.44. The Morgan fingerprint density at radius 1 is 0.297 bits per heavy atom. The van der Waals surface area contributed by atoms with E-state index in [1.54, 1.807) is 0 Å². The Morgan fingerprint density at radius 2 is 0.688 bits per heavy atom. The minimum Gasteiger partial charge on any atom is -0.311 e. The van der Waals surface area contributed by atoms with Crippen molar-refractivity contribution in [1.82, 2.24) is 0 Å². The molecule has 0 fully saturated rings. The van der Waals surface area contributed by atoms with Crippen LogP contribution in [-0.2, 0) is 0 Å². The fourth-order valence-electron chi connectivity index (χ4n) is 10.8. The highest BCUT2D eigenvalue weighted by molar-refractivity contribution is 8.00. The van der Waals surface area contributed by atoms with Crippen molar-refractivity contribution >= 4 is 86.5 Å². The summed E-state index contributed by atoms with van der Waals surface area (Å²) in [5.74, 6) is 0. The van der Waals surface area contributed by atoms with Gasteiger partial charge >= 0.3 is 0 Å². The number of rotatable bonds is 8. The molecule has 4 heteroatoms. The molecule has 1 spiro atoms. The zero-order valence-electron chi connectivity index (χ0n) is 35.2. The SMILES string of the molecule is c1ccc(-c2ccc(N(c3ccc([Si](c4ccccc4)(c4ccccc4)c4ccccc4)cc3)c3ccc4c(c3)[Si]3(c5ccccc5S4)c4ccccc4-c4ccccc43)cc2)cc1. The summed E-state index contributed by atoms with van der Waals surface area (Å²) in [4.78, 5) is 5.20. The van der Waals surface area contributed by atoms with Gasteiger partial charge < -0.3 is 4.90 Å². The molecule has 10 aromatic rings. The molecule has 1 nitrogen and oxygen atoms in total. The monoisotopic (exact) mass is 865 g/mol. The van der Waals surface area contributed by atoms with E-state index in [0.29, 0.717) is 0 Å². The second kappa shape index (κ2) is 15.8. The fourth-order valence-corrected chi connectivity index (χ4v) is 22.9. The second-order valence-electron chi connectivity index (χ2n) is 16.8. The normalized spacial score (nSPS) is 13.1. The number of nitrogens with zero attached hydrogens (tertiary/aromatic N) is 1. The van der Waals surface area contributed by atoms with E-state index in [1.165, 1.54) is 73.5 Å². The van der Waals surface area contributed by atoms with E-state index in [4.69, 9.17) is 0 Å². The Kier molecular flexibility index (Phi) is 9.52. The largest absolute Gasteiger partial charge is 0.311 e. The van der Waals surface area contributed by atoms with E-state index < -0.39 is 16.1 Å². The van der Waals surface area contributed by atoms with Crippen molar-refractivity contribution in [3.8, 4) is 22.3 Å². The Morgan fingerprint density at radius 3 is 1.23 bits per heavy atom. The van der Waals surface area contributed by atoms with E-state index >= 15 is 0 Å². The molecule has 302 valence electrons. The average Bonchev–Trinajstić information content (AvgIpc) is 3.67. The molecule has 0 saturated heterocycles. The van der Waals surface area contributed by atoms with Gasteiger partial charge in [-0.3, -0.25) is 0 Å². The molecule has 0 atom stereocenters. The van der Waals surface area contributed by atoms with Gasteiger partial charge in [0.1, 0.15) is 0 Å². The molecule has 0 amide bonds. The predicted molar refractivity (Wildman–Crippen MR) is 277 cm³/mol. The first kappa shape index (κ1) is 38.5. The standard InChI is InChI=1S/C60H43NSSi2/c1-5-19-44(20-6-1)45-33-35-46(36-34-45)61(47-37-40-52(41-38-47)63(49-21-7-2-8-22-49,50-23-9-3-10-24-50)51-25-11-4-12-26-51)48-39-42-56-60(43-48)64(59-32-18-15-29-55(59)62-56)57-30-16-13-27-53(57)54-28-14-17-31-58(54)64/h1-43H. The lowest BCUT2D eigenvalue weighted by molar-refractivity contribution is 1.27. The van der Waals surface area contributed by atoms with Crippen LogP contribution in [0.2, 0.25) is 0 Å². The highest BCUT2D eigenvalue weighted by Gasteiger charge is 2.52. The maximum atomic E-state index is 2.55. The molecule has 0 radical (unpaired) electrons. The van der Waals surface area contributed by atoms with E-state index in [0.717, 1.165) is 17.1 Å². The molecule has 0 saturated carbocycles. The molecule has 0 N–H and O–H groups in total. The van der Waals surface area contributed by atoms with Crippen LogP contribution in [0.15, 0.2) is 271 Å². The lowest BCUT2D eigenvalue weighted by Gasteiger charge is -2.38. The van der Waals surface area contributed by atoms with Gasteiger partial charge in [-0.2, -0.15) is 0 Å². The molecule has 0 unspecified atom stereocenters. The number of hydrogen-bond donors (Lipinski definition) is 0. The lowest BCUT2D eigenvalue weighted by atomic mass is 10.0. The maximum Gasteiger partial charge on any atom is 0.183 e. The summed E-state index contributed by atoms with van der Waals surface area (Å²) >= 11 is 1.92. The van der Waals surface area contributed by atoms with Crippen LogP contribution in [0, 0.1) is 0 Å². The van der Waals surface area contributed by atoms with E-state index in [1.807, 2.05) is 11.8 Å². The third kappa shape index (κ3) is 5.98. The summed E-state index contributed by atoms with van der Waals surface area (Å²) < 4.78 is 0. The summed E-state index contributed by atoms with van der Waals surface area (Å²) in [6, 6.07) is 98.0. The molecule has 2 heterocycles. The zero-order valence-corrected chi connectivity index (χ0v) is 38.0. The molecular weight excluding hydrogens is 823 g/mol. The smallest absolute Gasteiger partial charge is 0.183 e. The number of fused-ring (bicyclic) bond motifs is 9. The van der Waals surface area contributed by atoms with Gasteiger partial charge in [0, 0.05) is 26.9 Å². The van der Waals surface area contributed by atoms with Crippen LogP contribution < -0.4 is 46.4 Å². The van der Waals surface area contributed by atoms with Crippen LogP contribution in [0.3, 0.4) is 0 Å². The first-order chi connectivity index (χ1) is 31.7. The fraction of sp³-hybridized carbons (Fsp3) is 0. The maximum absolute atomic E-state index is 2.72. The minimum absolute atomic E-state index is 1.12. The Bertz CT molecular complexity index is 3140. The van der Waals surface area contributed by atoms with Crippen LogP contribution in [0.5, 0.6) is 0 Å². The molecule has 0 bridgehead atoms. The van der Waals surface area contributed by atoms with Crippen molar-refractivity contribution in [2.45, 2.75) is 9.79 Å². The van der Waals surface area contributed by atoms with Crippen molar-refractivity contribution < 1.29 is 0 Å². The topological polar surface area (TPSA) is 3.24 Å². The van der Waals surface area contributed by atoms with Gasteiger partial charge in [0.15, 0.2) is 16.1 Å². The highest BCUT2D eigenvalue weighted by atomic mass is 32.2. The molecule has 64 heavy (non-hydrogen) atoms. The summed E-state index contributed by atoms with van der Waals surface area (Å²) in [6.07, 6.45) is 0. The van der Waals surface area contributed by atoms with Gasteiger partial charge in [-0.25, -0.2) is 0 Å². The van der Waals surface area contributed by atoms with Crippen LogP contribution >= 0.6 is 11.8 Å². The molecule has 0 aromatic heterocycles. The number of benzene rings is 10. The molecule has 2 aliphatic heterocycles. The number of hydrogen-bond acceptors (Lipinski definition) is 2. The van der Waals surface area contributed by atoms with Crippen LogP contribution in [0.25, 0.3) is 22.3 Å². The lowest BCUT2D eigenvalue weighted by Crippen LogP contribution is -2.74. The summed E-state index contributed by atoms with van der Waals surface area (Å²) in [5.41, 5.74) is 8.56. The van der Waals surface area contributed by atoms with Crippen molar-refractivity contribution in [3.63, 3.8) is 0 Å². The first-order valence-electron chi connectivity index (χ1n) is 22.1. The van der Waals surface area contributed by atoms with E-state index in [-0.39, 0.29) is 0 Å². The zero-order chi connectivity index (χ0) is 42.5. The van der Waals surface area contributed by atoms with E-state index in [9.17, 15) is 0 Å². The summed E-state index contributed by atoms with van der Waals surface area (Å²) in [6.45, 7) is 0. The van der Waals surface area contributed by atoms with Crippen molar-refractivity contribution in [3.05, 3.63) is 261 Å². The minimum atomic E-state index is -2.72. The van der Waals surface area contributed by atoms with Crippen molar-refractivity contribution in [1.29, 1.82) is 0 Å². The Labute approximate surface area is 382 Å². The molecular formula is C60H43NSSi2. The molecule has 10 aromatic carbocycles. The Hall–Kier alpha value is -7.22. The van der Waals surface area contributed by atoms with Crippen LogP contribution in [0.4, 0.5) is 17.1 Å². The van der Waals surface area contributed by atoms with E-state index in [2.05, 4.69) is 266 Å². The molecule has 12 rings (SSSR count). The van der Waals surface area contributed by atoms with Gasteiger partial charge in [-0.1, -0.05) is 224 Å². The van der Waals surface area contributed by atoms with Crippen LogP contribution in [-0.4, -0.2) is 16.1 Å².